The van der Waals surface area contributed by atoms with Crippen LogP contribution in [0.15, 0.2) is 42.5 Å². The molecule has 0 aliphatic carbocycles. The van der Waals surface area contributed by atoms with Gasteiger partial charge < -0.3 is 15.7 Å². The Morgan fingerprint density at radius 2 is 1.92 bits per heavy atom. The third-order valence-electron chi connectivity index (χ3n) is 7.47. The lowest BCUT2D eigenvalue weighted by Crippen LogP contribution is -2.57. The number of nitrogens with one attached hydrogen (secondary N) is 2. The summed E-state index contributed by atoms with van der Waals surface area (Å²) in [4.78, 5) is 57.8. The maximum atomic E-state index is 13.6. The third-order valence-corrected chi connectivity index (χ3v) is 8.51. The molecule has 1 aromatic heterocycles. The van der Waals surface area contributed by atoms with Crippen LogP contribution in [0.25, 0.3) is 10.2 Å². The van der Waals surface area contributed by atoms with Gasteiger partial charge in [0.2, 0.25) is 17.7 Å². The summed E-state index contributed by atoms with van der Waals surface area (Å²) in [6.45, 7) is 3.81. The topological polar surface area (TPSA) is 129 Å². The molecule has 0 bridgehead atoms. The zero-order valence-corrected chi connectivity index (χ0v) is 22.1. The van der Waals surface area contributed by atoms with Gasteiger partial charge in [0.25, 0.3) is 0 Å². The lowest BCUT2D eigenvalue weighted by atomic mass is 9.97. The Balaban J connectivity index is 1.31. The second-order valence-electron chi connectivity index (χ2n) is 9.97. The first-order valence-corrected chi connectivity index (χ1v) is 13.7. The number of hydrogen-bond acceptors (Lipinski definition) is 6. The smallest absolute Gasteiger partial charge is 0.327 e. The molecule has 10 heteroatoms. The van der Waals surface area contributed by atoms with Crippen molar-refractivity contribution in [3.8, 4) is 0 Å². The molecule has 9 nitrogen and oxygen atoms in total. The number of aromatic nitrogens is 1. The van der Waals surface area contributed by atoms with Crippen LogP contribution in [0.4, 0.5) is 5.69 Å². The summed E-state index contributed by atoms with van der Waals surface area (Å²) in [5.41, 5.74) is 3.21. The molecule has 3 aromatic rings. The van der Waals surface area contributed by atoms with E-state index >= 15 is 0 Å². The quantitative estimate of drug-likeness (QED) is 0.408. The van der Waals surface area contributed by atoms with Gasteiger partial charge in [-0.15, -0.1) is 11.3 Å². The van der Waals surface area contributed by atoms with Crippen LogP contribution in [0.5, 0.6) is 0 Å². The van der Waals surface area contributed by atoms with Gasteiger partial charge >= 0.3 is 5.97 Å². The standard InChI is InChI=1S/C28H30N4O5S/c1-3-15(2)24(31-22(33)14-23-29-18-9-4-5-10-21(18)38-23)26(34)30-19-12-11-16-7-6-8-17-13-20(28(36)37)32(25(16)17)27(19)35/h4-10,15,19-20,24H,3,11-14H2,1-2H3,(H,30,34)(H,31,33)(H,36,37)/t15-,19-,20-,24-/m0/s1. The SMILES string of the molecule is CC[C@H](C)[C@H](NC(=O)Cc1nc2ccccc2s1)C(=O)N[C@H]1CCc2cccc3c2N(C1=O)[C@H](C(=O)O)C3. The molecule has 4 atom stereocenters. The molecule has 0 spiro atoms. The highest BCUT2D eigenvalue weighted by Gasteiger charge is 2.44. The van der Waals surface area contributed by atoms with Gasteiger partial charge in [-0.1, -0.05) is 50.6 Å². The number of anilines is 1. The van der Waals surface area contributed by atoms with Crippen LogP contribution in [0, 0.1) is 5.92 Å². The molecule has 0 unspecified atom stereocenters. The van der Waals surface area contributed by atoms with E-state index in [0.29, 0.717) is 30.0 Å². The average molecular weight is 535 g/mol. The first kappa shape index (κ1) is 25.8. The van der Waals surface area contributed by atoms with Crippen LogP contribution in [0.1, 0.15) is 42.8 Å². The van der Waals surface area contributed by atoms with Crippen molar-refractivity contribution in [3.05, 3.63) is 58.6 Å². The van der Waals surface area contributed by atoms with Crippen LogP contribution in [-0.2, 0) is 38.4 Å². The molecule has 2 aliphatic heterocycles. The van der Waals surface area contributed by atoms with Crippen molar-refractivity contribution in [2.45, 2.75) is 64.1 Å². The van der Waals surface area contributed by atoms with Crippen molar-refractivity contribution in [1.82, 2.24) is 15.6 Å². The molecule has 2 aliphatic rings. The number of aryl methyl sites for hydroxylation is 1. The van der Waals surface area contributed by atoms with Crippen LogP contribution >= 0.6 is 11.3 Å². The summed E-state index contributed by atoms with van der Waals surface area (Å²) in [6.07, 6.45) is 1.80. The van der Waals surface area contributed by atoms with E-state index < -0.39 is 35.9 Å². The first-order valence-electron chi connectivity index (χ1n) is 12.9. The Kier molecular flexibility index (Phi) is 7.16. The maximum absolute atomic E-state index is 13.6. The highest BCUT2D eigenvalue weighted by Crippen LogP contribution is 2.39. The lowest BCUT2D eigenvalue weighted by molar-refractivity contribution is -0.140. The number of carbonyl (C=O) groups is 4. The van der Waals surface area contributed by atoms with Crippen molar-refractivity contribution in [1.29, 1.82) is 0 Å². The second-order valence-corrected chi connectivity index (χ2v) is 11.1. The number of thiazole rings is 1. The minimum absolute atomic E-state index is 0.0497. The lowest BCUT2D eigenvalue weighted by Gasteiger charge is -2.29. The molecule has 38 heavy (non-hydrogen) atoms. The van der Waals surface area contributed by atoms with E-state index in [1.807, 2.05) is 56.3 Å². The van der Waals surface area contributed by atoms with E-state index in [1.165, 1.54) is 16.2 Å². The summed E-state index contributed by atoms with van der Waals surface area (Å²) in [5.74, 6) is -2.46. The average Bonchev–Trinajstić information content (AvgIpc) is 3.46. The highest BCUT2D eigenvalue weighted by atomic mass is 32.1. The fraction of sp³-hybridized carbons (Fsp3) is 0.393. The number of carboxylic acid groups (broad SMARTS) is 1. The predicted molar refractivity (Wildman–Crippen MR) is 144 cm³/mol. The van der Waals surface area contributed by atoms with Crippen LogP contribution < -0.4 is 15.5 Å². The zero-order valence-electron chi connectivity index (χ0n) is 21.3. The molecule has 0 radical (unpaired) electrons. The fourth-order valence-corrected chi connectivity index (χ4v) is 6.25. The van der Waals surface area contributed by atoms with E-state index in [1.54, 1.807) is 0 Å². The number of carboxylic acids is 1. The number of amides is 3. The Hall–Kier alpha value is -3.79. The van der Waals surface area contributed by atoms with Crippen molar-refractivity contribution in [2.24, 2.45) is 5.92 Å². The summed E-state index contributed by atoms with van der Waals surface area (Å²) < 4.78 is 0.990. The molecule has 3 N–H and O–H groups in total. The summed E-state index contributed by atoms with van der Waals surface area (Å²) >= 11 is 1.44. The number of nitrogens with zero attached hydrogens (tertiary/aromatic N) is 2. The number of carbonyl (C=O) groups excluding carboxylic acids is 3. The van der Waals surface area contributed by atoms with Gasteiger partial charge in [0.05, 0.1) is 22.3 Å². The van der Waals surface area contributed by atoms with Gasteiger partial charge in [0, 0.05) is 6.42 Å². The number of aliphatic carboxylic acids is 1. The minimum atomic E-state index is -1.08. The molecule has 2 aromatic carbocycles. The van der Waals surface area contributed by atoms with Gasteiger partial charge in [-0.05, 0) is 42.0 Å². The third kappa shape index (κ3) is 4.88. The highest BCUT2D eigenvalue weighted by molar-refractivity contribution is 7.18. The number of fused-ring (bicyclic) bond motifs is 1. The summed E-state index contributed by atoms with van der Waals surface area (Å²) in [5, 5.41) is 16.2. The van der Waals surface area contributed by atoms with E-state index in [9.17, 15) is 24.3 Å². The molecule has 5 rings (SSSR count). The number of rotatable bonds is 8. The van der Waals surface area contributed by atoms with Crippen LogP contribution in [0.3, 0.4) is 0 Å². The van der Waals surface area contributed by atoms with E-state index in [-0.39, 0.29) is 24.7 Å². The zero-order chi connectivity index (χ0) is 27.0. The van der Waals surface area contributed by atoms with E-state index in [2.05, 4.69) is 15.6 Å². The number of hydrogen-bond donors (Lipinski definition) is 3. The molecular weight excluding hydrogens is 504 g/mol. The van der Waals surface area contributed by atoms with Crippen molar-refractivity contribution >= 4 is 50.9 Å². The Morgan fingerprint density at radius 1 is 1.16 bits per heavy atom. The normalized spacial score (nSPS) is 19.9. The maximum Gasteiger partial charge on any atom is 0.327 e. The van der Waals surface area contributed by atoms with Crippen molar-refractivity contribution in [3.63, 3.8) is 0 Å². The van der Waals surface area contributed by atoms with Crippen molar-refractivity contribution in [2.75, 3.05) is 4.90 Å². The largest absolute Gasteiger partial charge is 0.480 e. The predicted octanol–water partition coefficient (Wildman–Crippen LogP) is 2.84. The second kappa shape index (κ2) is 10.5. The van der Waals surface area contributed by atoms with Gasteiger partial charge in [-0.25, -0.2) is 9.78 Å². The molecular formula is C28H30N4O5S. The molecule has 0 fully saturated rings. The molecule has 3 heterocycles. The molecule has 198 valence electrons. The molecule has 3 amide bonds. The Bertz CT molecular complexity index is 1390. The first-order chi connectivity index (χ1) is 18.3. The summed E-state index contributed by atoms with van der Waals surface area (Å²) in [7, 11) is 0. The van der Waals surface area contributed by atoms with E-state index in [4.69, 9.17) is 0 Å². The summed E-state index contributed by atoms with van der Waals surface area (Å²) in [6, 6.07) is 10.5. The van der Waals surface area contributed by atoms with Crippen LogP contribution in [-0.4, -0.2) is 51.9 Å². The van der Waals surface area contributed by atoms with Gasteiger partial charge in [-0.3, -0.25) is 19.3 Å². The van der Waals surface area contributed by atoms with Gasteiger partial charge in [0.1, 0.15) is 23.1 Å². The molecule has 0 saturated heterocycles. The number of benzene rings is 2. The van der Waals surface area contributed by atoms with Gasteiger partial charge in [-0.2, -0.15) is 0 Å². The Labute approximate surface area is 224 Å². The fourth-order valence-electron chi connectivity index (χ4n) is 5.28. The minimum Gasteiger partial charge on any atom is -0.480 e. The number of para-hydroxylation sites is 2. The van der Waals surface area contributed by atoms with Crippen molar-refractivity contribution < 1.29 is 24.3 Å². The van der Waals surface area contributed by atoms with Gasteiger partial charge in [0.15, 0.2) is 0 Å². The van der Waals surface area contributed by atoms with Crippen LogP contribution in [0.2, 0.25) is 0 Å². The monoisotopic (exact) mass is 534 g/mol. The Morgan fingerprint density at radius 3 is 2.66 bits per heavy atom. The van der Waals surface area contributed by atoms with E-state index in [0.717, 1.165) is 21.3 Å². The molecule has 0 saturated carbocycles.